The normalized spacial score (nSPS) is 19.0. The number of unbranched alkanes of at least 4 members (excludes halogenated alkanes) is 24. The Hall–Kier alpha value is -0.962. The molecule has 1 aromatic heterocycles. The maximum absolute atomic E-state index is 12.3. The average Bonchev–Trinajstić information content (AvgIpc) is 3.93. The molecule has 0 aliphatic carbocycles. The van der Waals surface area contributed by atoms with Crippen molar-refractivity contribution < 1.29 is 51.4 Å². The molecule has 4 N–H and O–H groups in total. The van der Waals surface area contributed by atoms with Crippen molar-refractivity contribution in [1.29, 1.82) is 0 Å². The van der Waals surface area contributed by atoms with Crippen molar-refractivity contribution in [2.45, 2.75) is 354 Å². The summed E-state index contributed by atoms with van der Waals surface area (Å²) in [5.41, 5.74) is 0.717. The Morgan fingerprint density at radius 3 is 1.40 bits per heavy atom. The number of aliphatic hydroxyl groups is 3. The fourth-order valence-electron chi connectivity index (χ4n) is 11.7. The molecule has 1 fully saturated rings. The minimum atomic E-state index is -2.48. The molecule has 16 nitrogen and oxygen atoms in total. The summed E-state index contributed by atoms with van der Waals surface area (Å²) in [5, 5.41) is 43.5. The van der Waals surface area contributed by atoms with E-state index in [0.29, 0.717) is 19.8 Å². The fourth-order valence-corrected chi connectivity index (χ4v) is 27.4. The number of carbonyl (C=O) groups is 1. The summed E-state index contributed by atoms with van der Waals surface area (Å²) in [4.78, 5) is 14.7. The van der Waals surface area contributed by atoms with Crippen LogP contribution in [0.5, 0.6) is 0 Å². The number of aromatic nitrogens is 3. The summed E-state index contributed by atoms with van der Waals surface area (Å²) in [5.74, 6) is -0.389. The van der Waals surface area contributed by atoms with Gasteiger partial charge in [-0.05, 0) is 129 Å². The van der Waals surface area contributed by atoms with Crippen molar-refractivity contribution in [3.05, 3.63) is 11.9 Å². The molecule has 1 amide bonds. The van der Waals surface area contributed by atoms with Crippen LogP contribution in [0.4, 0.5) is 0 Å². The molecule has 2 unspecified atom stereocenters. The van der Waals surface area contributed by atoms with E-state index in [2.05, 4.69) is 101 Å². The highest BCUT2D eigenvalue weighted by atomic mass is 28.4. The van der Waals surface area contributed by atoms with Gasteiger partial charge in [-0.1, -0.05) is 187 Å². The average molecular weight is 1250 g/mol. The molecule has 0 aromatic carbocycles. The molecule has 2 rings (SSSR count). The molecule has 7 atom stereocenters. The molecular formula is C63H131N5O11Si4. The number of ether oxygens (including phenoxy) is 3. The quantitative estimate of drug-likeness (QED) is 0.0274. The Morgan fingerprint density at radius 2 is 0.988 bits per heavy atom. The highest BCUT2D eigenvalue weighted by Gasteiger charge is 2.46. The lowest BCUT2D eigenvalue weighted by molar-refractivity contribution is -0.219. The number of aliphatic hydroxyl groups excluding tert-OH is 3. The van der Waals surface area contributed by atoms with Crippen LogP contribution in [0.25, 0.3) is 0 Å². The molecule has 1 saturated heterocycles. The molecule has 20 heteroatoms. The monoisotopic (exact) mass is 1250 g/mol. The van der Waals surface area contributed by atoms with Crippen molar-refractivity contribution in [2.24, 2.45) is 0 Å². The Labute approximate surface area is 512 Å². The van der Waals surface area contributed by atoms with Gasteiger partial charge >= 0.3 is 17.1 Å². The van der Waals surface area contributed by atoms with Gasteiger partial charge in [0.2, 0.25) is 5.91 Å². The van der Waals surface area contributed by atoms with E-state index in [1.807, 2.05) is 0 Å². The Kier molecular flexibility index (Phi) is 42.7. The molecule has 83 heavy (non-hydrogen) atoms. The zero-order valence-electron chi connectivity index (χ0n) is 55.8. The van der Waals surface area contributed by atoms with Crippen LogP contribution in [-0.2, 0) is 42.6 Å². The molecule has 0 bridgehead atoms. The summed E-state index contributed by atoms with van der Waals surface area (Å²) in [7, 11) is -8.80. The highest BCUT2D eigenvalue weighted by Crippen LogP contribution is 2.30. The lowest BCUT2D eigenvalue weighted by atomic mass is 9.96. The summed E-state index contributed by atoms with van der Waals surface area (Å²) >= 11 is 0. The van der Waals surface area contributed by atoms with Gasteiger partial charge in [-0.3, -0.25) is 9.69 Å². The Morgan fingerprint density at radius 1 is 0.590 bits per heavy atom. The summed E-state index contributed by atoms with van der Waals surface area (Å²) in [6.07, 6.45) is 34.0. The maximum atomic E-state index is 12.3. The first-order valence-electron chi connectivity index (χ1n) is 34.1. The van der Waals surface area contributed by atoms with E-state index < -0.39 is 70.9 Å². The van der Waals surface area contributed by atoms with E-state index in [-0.39, 0.29) is 18.5 Å². The predicted octanol–water partition coefficient (Wildman–Crippen LogP) is 15.3. The van der Waals surface area contributed by atoms with E-state index >= 15 is 0 Å². The first kappa shape index (κ1) is 78.1. The second-order valence-electron chi connectivity index (χ2n) is 26.6. The van der Waals surface area contributed by atoms with E-state index in [1.165, 1.54) is 153 Å². The van der Waals surface area contributed by atoms with E-state index in [1.54, 1.807) is 6.20 Å². The topological polar surface area (TPSA) is 188 Å². The van der Waals surface area contributed by atoms with Gasteiger partial charge in [0.05, 0.1) is 18.5 Å². The van der Waals surface area contributed by atoms with Crippen molar-refractivity contribution in [2.75, 3.05) is 32.9 Å². The third-order valence-corrected chi connectivity index (χ3v) is 29.2. The number of rotatable bonds is 55. The summed E-state index contributed by atoms with van der Waals surface area (Å²) in [6.45, 7) is 31.9. The smallest absolute Gasteiger partial charge is 0.323 e. The maximum Gasteiger partial charge on any atom is 0.323 e. The van der Waals surface area contributed by atoms with Crippen molar-refractivity contribution in [1.82, 2.24) is 25.2 Å². The van der Waals surface area contributed by atoms with E-state index in [0.717, 1.165) is 95.1 Å². The standard InChI is InChI=1S/C63H131N5O11Si4/c1-14-18-22-26-30-40-48-73-58(76-82(10,11)78-80(6,7)50-42-32-28-24-20-16-3)44-36-34-38-46-67(52-56-53-68(66-65-56)63-60(64-55(5)70)62(72)61(71)57(54-69)75-63)47-39-35-37-45-59(74-49-41-31-27-23-19-15-2)77-83(12,13)79-81(8,9)51-43-33-29-25-21-17-4/h53,57-63,69,71-72H,14-52,54H2,1-13H3,(H,64,70)/t57-,58?,59?,60-,61-,62-,63-/m1/s1. The number of hydrogen-bond donors (Lipinski definition) is 4. The second kappa shape index (κ2) is 45.3. The molecule has 1 aliphatic rings. The van der Waals surface area contributed by atoms with Crippen LogP contribution in [-0.4, -0.2) is 145 Å². The van der Waals surface area contributed by atoms with E-state index in [9.17, 15) is 20.1 Å². The van der Waals surface area contributed by atoms with Crippen LogP contribution in [0.15, 0.2) is 6.20 Å². The second-order valence-corrected chi connectivity index (χ2v) is 42.3. The van der Waals surface area contributed by atoms with Gasteiger partial charge in [-0.25, -0.2) is 4.68 Å². The van der Waals surface area contributed by atoms with Crippen molar-refractivity contribution in [3.8, 4) is 0 Å². The lowest BCUT2D eigenvalue weighted by Crippen LogP contribution is -2.62. The third-order valence-electron chi connectivity index (χ3n) is 16.0. The number of carbonyl (C=O) groups excluding carboxylic acids is 1. The zero-order valence-corrected chi connectivity index (χ0v) is 59.8. The molecular weight excluding hydrogens is 1120 g/mol. The summed E-state index contributed by atoms with van der Waals surface area (Å²) in [6, 6.07) is 1.32. The lowest BCUT2D eigenvalue weighted by Gasteiger charge is -2.42. The summed E-state index contributed by atoms with van der Waals surface area (Å²) < 4.78 is 48.5. The van der Waals surface area contributed by atoms with Crippen molar-refractivity contribution >= 4 is 39.7 Å². The first-order valence-corrected chi connectivity index (χ1v) is 46.0. The molecule has 0 radical (unpaired) electrons. The van der Waals surface area contributed by atoms with Crippen LogP contribution in [0, 0.1) is 0 Å². The zero-order chi connectivity index (χ0) is 61.4. The van der Waals surface area contributed by atoms with Crippen molar-refractivity contribution in [3.63, 3.8) is 0 Å². The first-order chi connectivity index (χ1) is 39.6. The van der Waals surface area contributed by atoms with Gasteiger partial charge in [-0.2, -0.15) is 0 Å². The third kappa shape index (κ3) is 37.6. The number of hydrogen-bond acceptors (Lipinski definition) is 14. The molecule has 0 saturated carbocycles. The fraction of sp³-hybridized carbons (Fsp3) is 0.952. The minimum Gasteiger partial charge on any atom is -0.436 e. The van der Waals surface area contributed by atoms with Gasteiger partial charge in [0.1, 0.15) is 36.9 Å². The molecule has 490 valence electrons. The molecule has 1 aromatic rings. The van der Waals surface area contributed by atoms with Crippen LogP contribution in [0.1, 0.15) is 252 Å². The van der Waals surface area contributed by atoms with Crippen LogP contribution in [0.3, 0.4) is 0 Å². The Balaban J connectivity index is 2.23. The molecule has 2 heterocycles. The SMILES string of the molecule is CCCCCCCCOC(CCCCCN(CCCCCC(OCCCCCCCC)O[Si](C)(C)O[Si](C)(C)CCCCCCCC)Cc1cn([C@@H]2O[C@H](CO)[C@@H](O)[C@H](O)[C@H]2NC(C)=O)nn1)O[Si](C)(C)O[Si](C)(C)CCCCCCCC. The number of amides is 1. The van der Waals surface area contributed by atoms with Crippen LogP contribution in [0.2, 0.25) is 64.5 Å². The Bertz CT molecular complexity index is 1660. The minimum absolute atomic E-state index is 0.285. The van der Waals surface area contributed by atoms with Gasteiger partial charge in [0.15, 0.2) is 22.9 Å². The number of nitrogens with one attached hydrogen (secondary N) is 1. The predicted molar refractivity (Wildman–Crippen MR) is 350 cm³/mol. The molecule has 0 spiro atoms. The largest absolute Gasteiger partial charge is 0.436 e. The van der Waals surface area contributed by atoms with Gasteiger partial charge < -0.3 is 51.9 Å². The molecule has 1 aliphatic heterocycles. The van der Waals surface area contributed by atoms with Gasteiger partial charge in [0, 0.05) is 26.7 Å². The van der Waals surface area contributed by atoms with Gasteiger partial charge in [0.25, 0.3) is 0 Å². The number of nitrogens with zero attached hydrogens (tertiary/aromatic N) is 4. The van der Waals surface area contributed by atoms with Gasteiger partial charge in [-0.15, -0.1) is 5.10 Å². The van der Waals surface area contributed by atoms with Crippen LogP contribution < -0.4 is 5.32 Å². The van der Waals surface area contributed by atoms with E-state index in [4.69, 9.17) is 31.3 Å². The highest BCUT2D eigenvalue weighted by molar-refractivity contribution is 6.82. The van der Waals surface area contributed by atoms with Crippen LogP contribution >= 0.6 is 0 Å².